The molecule has 1 saturated heterocycles. The zero-order chi connectivity index (χ0) is 27.9. The lowest BCUT2D eigenvalue weighted by Gasteiger charge is -2.27. The van der Waals surface area contributed by atoms with Crippen LogP contribution in [0, 0.1) is 0 Å². The lowest BCUT2D eigenvalue weighted by atomic mass is 9.98. The first-order valence-corrected chi connectivity index (χ1v) is 13.2. The van der Waals surface area contributed by atoms with Gasteiger partial charge in [-0.1, -0.05) is 91.0 Å². The number of hydroxylamine groups is 2. The number of hydrogen-bond donors (Lipinski definition) is 4. The molecule has 0 saturated carbocycles. The van der Waals surface area contributed by atoms with E-state index < -0.39 is 24.3 Å². The summed E-state index contributed by atoms with van der Waals surface area (Å²) in [5, 5.41) is 44.0. The molecule has 0 amide bonds. The fourth-order valence-electron chi connectivity index (χ4n) is 5.08. The SMILES string of the molecule is Oc1cc(O)c([C@H]2[C@H](OCc3ccccc3)[C@@H](OCc3ccccc3)[C@H](COCc3ccccc3)N2O)c(O)c1. The summed E-state index contributed by atoms with van der Waals surface area (Å²) in [5.74, 6) is -1.05. The van der Waals surface area contributed by atoms with Gasteiger partial charge in [-0.3, -0.25) is 0 Å². The third kappa shape index (κ3) is 6.44. The first kappa shape index (κ1) is 27.6. The van der Waals surface area contributed by atoms with Crippen LogP contribution in [-0.4, -0.2) is 50.4 Å². The van der Waals surface area contributed by atoms with Gasteiger partial charge < -0.3 is 34.7 Å². The molecule has 8 heteroatoms. The van der Waals surface area contributed by atoms with Gasteiger partial charge in [0.1, 0.15) is 29.5 Å². The van der Waals surface area contributed by atoms with Gasteiger partial charge in [0, 0.05) is 12.1 Å². The Kier molecular flexibility index (Phi) is 8.95. The van der Waals surface area contributed by atoms with Crippen molar-refractivity contribution in [1.82, 2.24) is 5.06 Å². The minimum Gasteiger partial charge on any atom is -0.508 e. The van der Waals surface area contributed by atoms with Crippen LogP contribution in [0.25, 0.3) is 0 Å². The molecule has 1 heterocycles. The van der Waals surface area contributed by atoms with Gasteiger partial charge in [-0.15, -0.1) is 0 Å². The second-order valence-corrected chi connectivity index (χ2v) is 9.81. The van der Waals surface area contributed by atoms with Crippen LogP contribution in [0.1, 0.15) is 28.3 Å². The van der Waals surface area contributed by atoms with E-state index in [0.29, 0.717) is 6.61 Å². The molecule has 1 aliphatic rings. The average Bonchev–Trinajstić information content (AvgIpc) is 3.22. The molecule has 4 N–H and O–H groups in total. The minimum absolute atomic E-state index is 0.0252. The summed E-state index contributed by atoms with van der Waals surface area (Å²) < 4.78 is 18.8. The number of ether oxygens (including phenoxy) is 3. The molecule has 1 fully saturated rings. The third-order valence-corrected chi connectivity index (χ3v) is 7.03. The number of rotatable bonds is 11. The molecule has 4 aromatic rings. The Morgan fingerprint density at radius 1 is 0.600 bits per heavy atom. The second-order valence-electron chi connectivity index (χ2n) is 9.81. The first-order chi connectivity index (χ1) is 19.5. The highest BCUT2D eigenvalue weighted by Crippen LogP contribution is 2.47. The topological polar surface area (TPSA) is 112 Å². The highest BCUT2D eigenvalue weighted by atomic mass is 16.6. The lowest BCUT2D eigenvalue weighted by molar-refractivity contribution is -0.167. The number of nitrogens with zero attached hydrogens (tertiary/aromatic N) is 1. The van der Waals surface area contributed by atoms with E-state index in [4.69, 9.17) is 14.2 Å². The van der Waals surface area contributed by atoms with Gasteiger partial charge in [-0.2, -0.15) is 5.06 Å². The van der Waals surface area contributed by atoms with Crippen LogP contribution in [-0.2, 0) is 34.0 Å². The molecule has 4 atom stereocenters. The predicted molar refractivity (Wildman–Crippen MR) is 148 cm³/mol. The summed E-state index contributed by atoms with van der Waals surface area (Å²) in [6.07, 6.45) is -1.53. The number of benzene rings is 4. The molecule has 0 bridgehead atoms. The minimum atomic E-state index is -1.02. The number of aromatic hydroxyl groups is 3. The lowest BCUT2D eigenvalue weighted by Crippen LogP contribution is -2.40. The Bertz CT molecular complexity index is 1330. The van der Waals surface area contributed by atoms with Crippen LogP contribution in [0.2, 0.25) is 0 Å². The zero-order valence-electron chi connectivity index (χ0n) is 21.9. The van der Waals surface area contributed by atoms with Gasteiger partial charge in [-0.25, -0.2) is 0 Å². The summed E-state index contributed by atoms with van der Waals surface area (Å²) in [7, 11) is 0. The largest absolute Gasteiger partial charge is 0.508 e. The molecule has 0 aliphatic carbocycles. The highest BCUT2D eigenvalue weighted by Gasteiger charge is 2.53. The molecule has 8 nitrogen and oxygen atoms in total. The van der Waals surface area contributed by atoms with Crippen LogP contribution in [0.3, 0.4) is 0 Å². The van der Waals surface area contributed by atoms with Crippen LogP contribution >= 0.6 is 0 Å². The van der Waals surface area contributed by atoms with Gasteiger partial charge in [0.15, 0.2) is 0 Å². The molecular weight excluding hydrogens is 510 g/mol. The van der Waals surface area contributed by atoms with Crippen molar-refractivity contribution in [3.8, 4) is 17.2 Å². The maximum atomic E-state index is 11.6. The number of phenols is 3. The van der Waals surface area contributed by atoms with E-state index in [1.807, 2.05) is 91.0 Å². The summed E-state index contributed by atoms with van der Waals surface area (Å²) in [6.45, 7) is 0.872. The van der Waals surface area contributed by atoms with Crippen LogP contribution in [0.4, 0.5) is 0 Å². The maximum absolute atomic E-state index is 11.6. The molecule has 4 aromatic carbocycles. The Morgan fingerprint density at radius 2 is 1.05 bits per heavy atom. The van der Waals surface area contributed by atoms with Crippen LogP contribution in [0.15, 0.2) is 103 Å². The van der Waals surface area contributed by atoms with E-state index in [1.54, 1.807) is 0 Å². The zero-order valence-corrected chi connectivity index (χ0v) is 21.9. The molecule has 0 radical (unpaired) electrons. The van der Waals surface area contributed by atoms with E-state index in [-0.39, 0.29) is 42.6 Å². The second kappa shape index (κ2) is 13.0. The van der Waals surface area contributed by atoms with Gasteiger partial charge in [0.2, 0.25) is 0 Å². The van der Waals surface area contributed by atoms with E-state index >= 15 is 0 Å². The van der Waals surface area contributed by atoms with Crippen molar-refractivity contribution in [3.05, 3.63) is 125 Å². The molecule has 0 spiro atoms. The summed E-state index contributed by atoms with van der Waals surface area (Å²) >= 11 is 0. The van der Waals surface area contributed by atoms with Crippen molar-refractivity contribution in [2.45, 2.75) is 44.1 Å². The van der Waals surface area contributed by atoms with E-state index in [1.165, 1.54) is 0 Å². The van der Waals surface area contributed by atoms with Crippen molar-refractivity contribution >= 4 is 0 Å². The quantitative estimate of drug-likeness (QED) is 0.202. The summed E-state index contributed by atoms with van der Waals surface area (Å²) in [5.41, 5.74) is 2.86. The molecule has 0 unspecified atom stereocenters. The fraction of sp³-hybridized carbons (Fsp3) is 0.250. The highest BCUT2D eigenvalue weighted by molar-refractivity contribution is 5.51. The average molecular weight is 544 g/mol. The Hall–Kier alpha value is -3.92. The maximum Gasteiger partial charge on any atom is 0.127 e. The van der Waals surface area contributed by atoms with Crippen LogP contribution < -0.4 is 0 Å². The first-order valence-electron chi connectivity index (χ1n) is 13.2. The van der Waals surface area contributed by atoms with E-state index in [9.17, 15) is 20.5 Å². The van der Waals surface area contributed by atoms with Crippen molar-refractivity contribution in [3.63, 3.8) is 0 Å². The van der Waals surface area contributed by atoms with Gasteiger partial charge in [0.25, 0.3) is 0 Å². The van der Waals surface area contributed by atoms with Gasteiger partial charge >= 0.3 is 0 Å². The number of phenolic OH excluding ortho intramolecular Hbond substituents is 3. The monoisotopic (exact) mass is 543 g/mol. The van der Waals surface area contributed by atoms with E-state index in [2.05, 4.69) is 0 Å². The van der Waals surface area contributed by atoms with Gasteiger partial charge in [-0.05, 0) is 16.7 Å². The van der Waals surface area contributed by atoms with Crippen molar-refractivity contribution in [1.29, 1.82) is 0 Å². The van der Waals surface area contributed by atoms with Gasteiger partial charge in [0.05, 0.1) is 44.1 Å². The summed E-state index contributed by atoms with van der Waals surface area (Å²) in [4.78, 5) is 0. The van der Waals surface area contributed by atoms with Crippen molar-refractivity contribution < 1.29 is 34.7 Å². The van der Waals surface area contributed by atoms with E-state index in [0.717, 1.165) is 33.9 Å². The molecule has 208 valence electrons. The molecule has 1 aliphatic heterocycles. The Balaban J connectivity index is 1.47. The molecule has 40 heavy (non-hydrogen) atoms. The summed E-state index contributed by atoms with van der Waals surface area (Å²) in [6, 6.07) is 29.5. The normalized spacial score (nSPS) is 21.0. The smallest absolute Gasteiger partial charge is 0.127 e. The predicted octanol–water partition coefficient (Wildman–Crippen LogP) is 5.31. The molecule has 0 aromatic heterocycles. The molecule has 5 rings (SSSR count). The molecular formula is C32H33NO7. The van der Waals surface area contributed by atoms with Crippen molar-refractivity contribution in [2.24, 2.45) is 0 Å². The Morgan fingerprint density at radius 3 is 1.55 bits per heavy atom. The van der Waals surface area contributed by atoms with Crippen LogP contribution in [0.5, 0.6) is 17.2 Å². The standard InChI is InChI=1S/C32H33NO7/c34-25-16-27(35)29(28(36)17-25)30-32(40-20-24-14-8-3-9-15-24)31(39-19-23-12-6-2-7-13-23)26(33(30)37)21-38-18-22-10-4-1-5-11-22/h1-17,26,30-32,34-37H,18-21H2/t26-,30-,31-,32-/m0/s1. The number of hydrogen-bond acceptors (Lipinski definition) is 8. The Labute approximate surface area is 233 Å². The fourth-order valence-corrected chi connectivity index (χ4v) is 5.08. The van der Waals surface area contributed by atoms with Crippen molar-refractivity contribution in [2.75, 3.05) is 6.61 Å². The third-order valence-electron chi connectivity index (χ3n) is 7.03.